The van der Waals surface area contributed by atoms with Gasteiger partial charge in [-0.15, -0.1) is 0 Å². The number of ether oxygens (including phenoxy) is 1. The highest BCUT2D eigenvalue weighted by molar-refractivity contribution is 7.51. The molecule has 0 radical (unpaired) electrons. The molecule has 9 nitrogen and oxygen atoms in total. The number of nitrogens with zero attached hydrogens (tertiary/aromatic N) is 1. The van der Waals surface area contributed by atoms with Crippen molar-refractivity contribution in [3.8, 4) is 0 Å². The lowest BCUT2D eigenvalue weighted by atomic mass is 10.2. The number of hydrogen-bond acceptors (Lipinski definition) is 6. The van der Waals surface area contributed by atoms with Crippen LogP contribution in [0.1, 0.15) is 12.8 Å². The second-order valence-corrected chi connectivity index (χ2v) is 5.50. The summed E-state index contributed by atoms with van der Waals surface area (Å²) in [6.07, 6.45) is 0.818. The monoisotopic (exact) mass is 296 g/mol. The van der Waals surface area contributed by atoms with E-state index in [-0.39, 0.29) is 5.96 Å². The highest BCUT2D eigenvalue weighted by Crippen LogP contribution is 2.42. The standard InChI is InChI=1S/C9H21N4O5P/c1-16-8(14)7(5-4-6-12-9(10)11)13-19(15,17-2)18-3/h7H,4-6H2,1-3H3,(H,13,15)(H4,10,11,12)/t7-/m0/s1. The van der Waals surface area contributed by atoms with Crippen molar-refractivity contribution in [1.29, 1.82) is 0 Å². The highest BCUT2D eigenvalue weighted by atomic mass is 31.2. The van der Waals surface area contributed by atoms with Crippen molar-refractivity contribution >= 4 is 19.7 Å². The van der Waals surface area contributed by atoms with E-state index in [0.717, 1.165) is 0 Å². The smallest absolute Gasteiger partial charge is 0.405 e. The minimum absolute atomic E-state index is 0.0259. The summed E-state index contributed by atoms with van der Waals surface area (Å²) < 4.78 is 25.9. The summed E-state index contributed by atoms with van der Waals surface area (Å²) >= 11 is 0. The van der Waals surface area contributed by atoms with Gasteiger partial charge in [0.05, 0.1) is 7.11 Å². The van der Waals surface area contributed by atoms with Crippen molar-refractivity contribution in [3.63, 3.8) is 0 Å². The Labute approximate surface area is 112 Å². The van der Waals surface area contributed by atoms with Crippen molar-refractivity contribution in [2.75, 3.05) is 27.9 Å². The first-order valence-electron chi connectivity index (χ1n) is 5.51. The number of hydrogen-bond donors (Lipinski definition) is 3. The molecule has 0 aromatic heterocycles. The summed E-state index contributed by atoms with van der Waals surface area (Å²) in [6, 6.07) is -0.829. The largest absolute Gasteiger partial charge is 0.468 e. The van der Waals surface area contributed by atoms with Gasteiger partial charge in [0.2, 0.25) is 0 Å². The van der Waals surface area contributed by atoms with Crippen LogP contribution in [-0.4, -0.2) is 45.8 Å². The number of nitrogens with two attached hydrogens (primary N) is 2. The summed E-state index contributed by atoms with van der Waals surface area (Å²) in [5.74, 6) is -0.596. The van der Waals surface area contributed by atoms with Gasteiger partial charge in [-0.2, -0.15) is 0 Å². The van der Waals surface area contributed by atoms with Crippen LogP contribution in [0.2, 0.25) is 0 Å². The fourth-order valence-corrected chi connectivity index (χ4v) is 2.23. The van der Waals surface area contributed by atoms with Crippen LogP contribution in [-0.2, 0) is 23.1 Å². The molecule has 0 spiro atoms. The molecule has 0 unspecified atom stereocenters. The lowest BCUT2D eigenvalue weighted by molar-refractivity contribution is -0.142. The first kappa shape index (κ1) is 17.8. The third kappa shape index (κ3) is 7.12. The zero-order valence-electron chi connectivity index (χ0n) is 11.3. The molecule has 0 heterocycles. The highest BCUT2D eigenvalue weighted by Gasteiger charge is 2.30. The van der Waals surface area contributed by atoms with Crippen LogP contribution in [0.25, 0.3) is 0 Å². The first-order chi connectivity index (χ1) is 8.88. The predicted octanol–water partition coefficient (Wildman–Crippen LogP) is -0.428. The molecule has 0 aliphatic rings. The van der Waals surface area contributed by atoms with Crippen LogP contribution in [0.4, 0.5) is 0 Å². The van der Waals surface area contributed by atoms with E-state index in [1.54, 1.807) is 0 Å². The molecular formula is C9H21N4O5P. The Balaban J connectivity index is 4.52. The molecular weight excluding hydrogens is 275 g/mol. The predicted molar refractivity (Wildman–Crippen MR) is 70.5 cm³/mol. The molecule has 0 aliphatic heterocycles. The van der Waals surface area contributed by atoms with Gasteiger partial charge in [0.1, 0.15) is 6.04 Å². The summed E-state index contributed by atoms with van der Waals surface area (Å²) in [6.45, 7) is 0.349. The maximum absolute atomic E-state index is 11.9. The fraction of sp³-hybridized carbons (Fsp3) is 0.778. The van der Waals surface area contributed by atoms with Crippen LogP contribution in [0, 0.1) is 0 Å². The van der Waals surface area contributed by atoms with Crippen LogP contribution >= 0.6 is 7.75 Å². The maximum atomic E-state index is 11.9. The molecule has 0 saturated heterocycles. The van der Waals surface area contributed by atoms with E-state index >= 15 is 0 Å². The van der Waals surface area contributed by atoms with Crippen LogP contribution in [0.3, 0.4) is 0 Å². The van der Waals surface area contributed by atoms with Gasteiger partial charge in [0.15, 0.2) is 5.96 Å². The number of aliphatic imine (C=N–C) groups is 1. The van der Waals surface area contributed by atoms with Gasteiger partial charge in [0, 0.05) is 20.8 Å². The topological polar surface area (TPSA) is 138 Å². The van der Waals surface area contributed by atoms with Crippen LogP contribution < -0.4 is 16.6 Å². The summed E-state index contributed by atoms with van der Waals surface area (Å²) in [7, 11) is 0.152. The molecule has 0 aromatic rings. The average molecular weight is 296 g/mol. The number of guanidine groups is 1. The lowest BCUT2D eigenvalue weighted by Gasteiger charge is -2.21. The molecule has 1 atom stereocenters. The van der Waals surface area contributed by atoms with Gasteiger partial charge in [-0.3, -0.25) is 9.79 Å². The van der Waals surface area contributed by atoms with E-state index in [9.17, 15) is 9.36 Å². The first-order valence-corrected chi connectivity index (χ1v) is 7.05. The Kier molecular flexibility index (Phi) is 8.33. The Hall–Kier alpha value is -1.15. The summed E-state index contributed by atoms with van der Waals surface area (Å²) in [5, 5.41) is 2.49. The van der Waals surface area contributed by atoms with Crippen molar-refractivity contribution in [3.05, 3.63) is 0 Å². The van der Waals surface area contributed by atoms with Crippen molar-refractivity contribution < 1.29 is 23.1 Å². The van der Waals surface area contributed by atoms with Crippen LogP contribution in [0.15, 0.2) is 4.99 Å². The van der Waals surface area contributed by atoms with Gasteiger partial charge in [-0.1, -0.05) is 0 Å². The van der Waals surface area contributed by atoms with Crippen molar-refractivity contribution in [2.45, 2.75) is 18.9 Å². The molecule has 0 amide bonds. The van der Waals surface area contributed by atoms with Crippen LogP contribution in [0.5, 0.6) is 0 Å². The maximum Gasteiger partial charge on any atom is 0.405 e. The molecule has 0 fully saturated rings. The Morgan fingerprint density at radius 2 is 1.89 bits per heavy atom. The normalized spacial score (nSPS) is 12.8. The Bertz CT molecular complexity index is 351. The summed E-state index contributed by atoms with van der Waals surface area (Å²) in [5.41, 5.74) is 10.4. The Morgan fingerprint density at radius 1 is 1.32 bits per heavy atom. The van der Waals surface area contributed by atoms with E-state index in [1.165, 1.54) is 21.3 Å². The minimum Gasteiger partial charge on any atom is -0.468 e. The van der Waals surface area contributed by atoms with Gasteiger partial charge in [-0.25, -0.2) is 9.65 Å². The molecule has 0 bridgehead atoms. The fourth-order valence-electron chi connectivity index (χ4n) is 1.25. The number of nitrogens with one attached hydrogen (secondary N) is 1. The number of rotatable bonds is 9. The van der Waals surface area contributed by atoms with Gasteiger partial charge >= 0.3 is 13.7 Å². The van der Waals surface area contributed by atoms with E-state index in [4.69, 9.17) is 20.5 Å². The minimum atomic E-state index is -3.51. The number of esters is 1. The quantitative estimate of drug-likeness (QED) is 0.171. The Morgan fingerprint density at radius 3 is 2.32 bits per heavy atom. The van der Waals surface area contributed by atoms with Crippen molar-refractivity contribution in [2.24, 2.45) is 16.5 Å². The van der Waals surface area contributed by atoms with E-state index in [2.05, 4.69) is 14.8 Å². The van der Waals surface area contributed by atoms with E-state index < -0.39 is 19.8 Å². The molecule has 0 aromatic carbocycles. The van der Waals surface area contributed by atoms with Gasteiger partial charge < -0.3 is 25.3 Å². The summed E-state index contributed by atoms with van der Waals surface area (Å²) in [4.78, 5) is 15.3. The molecule has 10 heteroatoms. The molecule has 19 heavy (non-hydrogen) atoms. The number of methoxy groups -OCH3 is 1. The SMILES string of the molecule is COC(=O)[C@H](CCCN=C(N)N)NP(=O)(OC)OC. The second kappa shape index (κ2) is 8.87. The average Bonchev–Trinajstić information content (AvgIpc) is 2.40. The molecule has 0 saturated carbocycles. The zero-order valence-corrected chi connectivity index (χ0v) is 12.2. The van der Waals surface area contributed by atoms with Gasteiger partial charge in [-0.05, 0) is 12.8 Å². The van der Waals surface area contributed by atoms with Gasteiger partial charge in [0.25, 0.3) is 0 Å². The number of carbonyl (C=O) groups excluding carboxylic acids is 1. The zero-order chi connectivity index (χ0) is 14.9. The molecule has 0 rings (SSSR count). The molecule has 5 N–H and O–H groups in total. The molecule has 112 valence electrons. The number of carbonyl (C=O) groups is 1. The van der Waals surface area contributed by atoms with E-state index in [1.807, 2.05) is 0 Å². The second-order valence-electron chi connectivity index (χ2n) is 3.52. The lowest BCUT2D eigenvalue weighted by Crippen LogP contribution is -2.36. The third-order valence-corrected chi connectivity index (χ3v) is 3.81. The third-order valence-electron chi connectivity index (χ3n) is 2.23. The molecule has 0 aliphatic carbocycles. The van der Waals surface area contributed by atoms with Crippen molar-refractivity contribution in [1.82, 2.24) is 5.09 Å². The van der Waals surface area contributed by atoms with E-state index in [0.29, 0.717) is 19.4 Å².